The summed E-state index contributed by atoms with van der Waals surface area (Å²) in [6, 6.07) is 18.0. The van der Waals surface area contributed by atoms with Crippen LogP contribution < -0.4 is 5.43 Å². The summed E-state index contributed by atoms with van der Waals surface area (Å²) in [7, 11) is 1.24. The summed E-state index contributed by atoms with van der Waals surface area (Å²) in [5, 5.41) is 0. The molecule has 1 heterocycles. The van der Waals surface area contributed by atoms with E-state index < -0.39 is 11.4 Å². The van der Waals surface area contributed by atoms with E-state index in [0.717, 1.165) is 11.1 Å². The molecule has 4 nitrogen and oxygen atoms in total. The fraction of sp³-hybridized carbons (Fsp3) is 0.100. The second-order valence-electron chi connectivity index (χ2n) is 5.40. The molecule has 0 aliphatic carbocycles. The Morgan fingerprint density at radius 3 is 2.25 bits per heavy atom. The third-order valence-corrected chi connectivity index (χ3v) is 3.71. The lowest BCUT2D eigenvalue weighted by Crippen LogP contribution is -2.17. The molecule has 0 fully saturated rings. The zero-order valence-electron chi connectivity index (χ0n) is 13.4. The first-order chi connectivity index (χ1) is 11.6. The molecule has 0 atom stereocenters. The van der Waals surface area contributed by atoms with Gasteiger partial charge in [0.2, 0.25) is 5.43 Å². The fourth-order valence-corrected chi connectivity index (χ4v) is 2.44. The zero-order valence-corrected chi connectivity index (χ0v) is 13.4. The van der Waals surface area contributed by atoms with Crippen LogP contribution in [-0.4, -0.2) is 13.1 Å². The average molecular weight is 320 g/mol. The van der Waals surface area contributed by atoms with Crippen LogP contribution in [0.5, 0.6) is 0 Å². The number of rotatable bonds is 3. The molecule has 0 amide bonds. The lowest BCUT2D eigenvalue weighted by atomic mass is 10.0. The van der Waals surface area contributed by atoms with Crippen LogP contribution in [0.15, 0.2) is 69.9 Å². The van der Waals surface area contributed by atoms with E-state index in [1.165, 1.54) is 13.2 Å². The van der Waals surface area contributed by atoms with Gasteiger partial charge in [-0.25, -0.2) is 4.79 Å². The number of aryl methyl sites for hydroxylation is 1. The Hall–Kier alpha value is -3.14. The van der Waals surface area contributed by atoms with Crippen molar-refractivity contribution in [1.82, 2.24) is 0 Å². The van der Waals surface area contributed by atoms with Gasteiger partial charge in [-0.15, -0.1) is 0 Å². The highest BCUT2D eigenvalue weighted by Gasteiger charge is 2.22. The van der Waals surface area contributed by atoms with Crippen LogP contribution in [0.4, 0.5) is 0 Å². The Morgan fingerprint density at radius 2 is 1.62 bits per heavy atom. The van der Waals surface area contributed by atoms with Crippen molar-refractivity contribution in [2.24, 2.45) is 0 Å². The van der Waals surface area contributed by atoms with Gasteiger partial charge in [0.05, 0.1) is 7.11 Å². The Kier molecular flexibility index (Phi) is 4.29. The van der Waals surface area contributed by atoms with Gasteiger partial charge >= 0.3 is 5.97 Å². The third-order valence-electron chi connectivity index (χ3n) is 3.71. The first-order valence-corrected chi connectivity index (χ1v) is 7.49. The largest absolute Gasteiger partial charge is 0.465 e. The van der Waals surface area contributed by atoms with E-state index in [2.05, 4.69) is 0 Å². The first-order valence-electron chi connectivity index (χ1n) is 7.49. The maximum absolute atomic E-state index is 12.5. The van der Waals surface area contributed by atoms with Crippen molar-refractivity contribution in [1.29, 1.82) is 0 Å². The van der Waals surface area contributed by atoms with Gasteiger partial charge in [-0.3, -0.25) is 4.79 Å². The van der Waals surface area contributed by atoms with Crippen molar-refractivity contribution in [3.63, 3.8) is 0 Å². The Morgan fingerprint density at radius 1 is 0.958 bits per heavy atom. The third kappa shape index (κ3) is 2.99. The molecular weight excluding hydrogens is 304 g/mol. The van der Waals surface area contributed by atoms with Gasteiger partial charge in [0.25, 0.3) is 0 Å². The monoisotopic (exact) mass is 320 g/mol. The number of methoxy groups -OCH3 is 1. The van der Waals surface area contributed by atoms with Gasteiger partial charge in [-0.1, -0.05) is 60.2 Å². The molecule has 0 aliphatic heterocycles. The molecule has 0 N–H and O–H groups in total. The van der Waals surface area contributed by atoms with Crippen molar-refractivity contribution in [2.45, 2.75) is 6.92 Å². The minimum Gasteiger partial charge on any atom is -0.465 e. The second-order valence-corrected chi connectivity index (χ2v) is 5.40. The highest BCUT2D eigenvalue weighted by Crippen LogP contribution is 2.28. The van der Waals surface area contributed by atoms with Gasteiger partial charge < -0.3 is 9.15 Å². The number of esters is 1. The molecule has 0 bridgehead atoms. The van der Waals surface area contributed by atoms with Gasteiger partial charge in [-0.05, 0) is 6.92 Å². The molecule has 4 heteroatoms. The predicted molar refractivity (Wildman–Crippen MR) is 91.9 cm³/mol. The van der Waals surface area contributed by atoms with Crippen molar-refractivity contribution in [2.75, 3.05) is 7.11 Å². The maximum atomic E-state index is 12.5. The minimum absolute atomic E-state index is 0.0963. The molecule has 0 radical (unpaired) electrons. The molecule has 3 rings (SSSR count). The zero-order chi connectivity index (χ0) is 17.1. The van der Waals surface area contributed by atoms with Crippen molar-refractivity contribution in [3.8, 4) is 22.6 Å². The van der Waals surface area contributed by atoms with Crippen molar-refractivity contribution < 1.29 is 13.9 Å². The molecule has 3 aromatic rings. The molecule has 0 saturated carbocycles. The number of hydrogen-bond acceptors (Lipinski definition) is 4. The average Bonchev–Trinajstić information content (AvgIpc) is 2.62. The molecule has 0 saturated heterocycles. The van der Waals surface area contributed by atoms with Crippen LogP contribution in [0.25, 0.3) is 22.6 Å². The summed E-state index contributed by atoms with van der Waals surface area (Å²) >= 11 is 0. The van der Waals surface area contributed by atoms with Gasteiger partial charge in [0.1, 0.15) is 5.76 Å². The van der Waals surface area contributed by atoms with Crippen molar-refractivity contribution in [3.05, 3.63) is 82.0 Å². The number of ether oxygens (including phenoxy) is 1. The first kappa shape index (κ1) is 15.7. The van der Waals surface area contributed by atoms with E-state index in [9.17, 15) is 9.59 Å². The van der Waals surface area contributed by atoms with E-state index in [1.54, 1.807) is 0 Å². The molecule has 120 valence electrons. The van der Waals surface area contributed by atoms with E-state index >= 15 is 0 Å². The normalized spacial score (nSPS) is 10.4. The highest BCUT2D eigenvalue weighted by molar-refractivity contribution is 5.95. The quantitative estimate of drug-likeness (QED) is 0.683. The van der Waals surface area contributed by atoms with Crippen molar-refractivity contribution >= 4 is 5.97 Å². The SMILES string of the molecule is COC(=O)c1c(-c2ccc(C)cc2)oc(-c2ccccc2)cc1=O. The lowest BCUT2D eigenvalue weighted by Gasteiger charge is -2.10. The van der Waals surface area contributed by atoms with Gasteiger partial charge in [-0.2, -0.15) is 0 Å². The van der Waals surface area contributed by atoms with Gasteiger partial charge in [0, 0.05) is 17.2 Å². The van der Waals surface area contributed by atoms with Gasteiger partial charge in [0.15, 0.2) is 11.3 Å². The smallest absolute Gasteiger partial charge is 0.345 e. The molecule has 0 aliphatic rings. The van der Waals surface area contributed by atoms with Crippen LogP contribution in [-0.2, 0) is 4.74 Å². The summed E-state index contributed by atoms with van der Waals surface area (Å²) in [6.07, 6.45) is 0. The molecule has 0 spiro atoms. The predicted octanol–water partition coefficient (Wildman–Crippen LogP) is 4.07. The molecule has 2 aromatic carbocycles. The Balaban J connectivity index is 2.27. The number of carbonyl (C=O) groups is 1. The summed E-state index contributed by atoms with van der Waals surface area (Å²) in [5.41, 5.74) is 1.96. The molecule has 1 aromatic heterocycles. The summed E-state index contributed by atoms with van der Waals surface area (Å²) in [6.45, 7) is 1.96. The van der Waals surface area contributed by atoms with Crippen LogP contribution in [0.3, 0.4) is 0 Å². The standard InChI is InChI=1S/C20H16O4/c1-13-8-10-15(11-9-13)19-18(20(22)23-2)16(21)12-17(24-19)14-6-4-3-5-7-14/h3-12H,1-2H3. The topological polar surface area (TPSA) is 56.5 Å². The van der Waals surface area contributed by atoms with Crippen LogP contribution in [0.2, 0.25) is 0 Å². The molecular formula is C20H16O4. The fourth-order valence-electron chi connectivity index (χ4n) is 2.44. The van der Waals surface area contributed by atoms with Crippen LogP contribution >= 0.6 is 0 Å². The van der Waals surface area contributed by atoms with E-state index in [4.69, 9.17) is 9.15 Å². The maximum Gasteiger partial charge on any atom is 0.345 e. The molecule has 24 heavy (non-hydrogen) atoms. The Bertz CT molecular complexity index is 922. The minimum atomic E-state index is -0.709. The number of carbonyl (C=O) groups excluding carboxylic acids is 1. The second kappa shape index (κ2) is 6.54. The van der Waals surface area contributed by atoms with Crippen LogP contribution in [0.1, 0.15) is 15.9 Å². The van der Waals surface area contributed by atoms with E-state index in [0.29, 0.717) is 11.3 Å². The highest BCUT2D eigenvalue weighted by atomic mass is 16.5. The summed E-state index contributed by atoms with van der Waals surface area (Å²) < 4.78 is 10.7. The summed E-state index contributed by atoms with van der Waals surface area (Å²) in [5.74, 6) is -0.0871. The summed E-state index contributed by atoms with van der Waals surface area (Å²) in [4.78, 5) is 24.6. The number of hydrogen-bond donors (Lipinski definition) is 0. The lowest BCUT2D eigenvalue weighted by molar-refractivity contribution is 0.0598. The number of benzene rings is 2. The van der Waals surface area contributed by atoms with Crippen LogP contribution in [0, 0.1) is 6.92 Å². The Labute approximate surface area is 139 Å². The van der Waals surface area contributed by atoms with E-state index in [-0.39, 0.29) is 11.3 Å². The van der Waals surface area contributed by atoms with E-state index in [1.807, 2.05) is 61.5 Å². The molecule has 0 unspecified atom stereocenters.